The molecular formula is C45H78O12S. The summed E-state index contributed by atoms with van der Waals surface area (Å²) in [6.07, 6.45) is 30.5. The monoisotopic (exact) mass is 843 g/mol. The van der Waals surface area contributed by atoms with Crippen molar-refractivity contribution in [3.8, 4) is 0 Å². The van der Waals surface area contributed by atoms with Crippen LogP contribution in [0, 0.1) is 0 Å². The largest absolute Gasteiger partial charge is 0.462 e. The number of esters is 2. The van der Waals surface area contributed by atoms with Crippen LogP contribution in [0.2, 0.25) is 0 Å². The third kappa shape index (κ3) is 29.8. The quantitative estimate of drug-likeness (QED) is 0.0202. The molecule has 0 aromatic rings. The van der Waals surface area contributed by atoms with E-state index in [-0.39, 0.29) is 19.4 Å². The van der Waals surface area contributed by atoms with Gasteiger partial charge in [-0.25, -0.2) is 0 Å². The van der Waals surface area contributed by atoms with Gasteiger partial charge in [-0.1, -0.05) is 133 Å². The van der Waals surface area contributed by atoms with E-state index in [2.05, 4.69) is 50.0 Å². The lowest BCUT2D eigenvalue weighted by atomic mass is 10.00. The van der Waals surface area contributed by atoms with Crippen LogP contribution in [0.5, 0.6) is 0 Å². The Morgan fingerprint density at radius 3 is 1.67 bits per heavy atom. The summed E-state index contributed by atoms with van der Waals surface area (Å²) in [5.74, 6) is -2.04. The second-order valence-electron chi connectivity index (χ2n) is 15.4. The average Bonchev–Trinajstić information content (AvgIpc) is 3.18. The number of hydrogen-bond donors (Lipinski definition) is 4. The van der Waals surface area contributed by atoms with Crippen LogP contribution < -0.4 is 0 Å². The van der Waals surface area contributed by atoms with Gasteiger partial charge in [0.05, 0.1) is 6.61 Å². The van der Waals surface area contributed by atoms with Crippen LogP contribution >= 0.6 is 0 Å². The van der Waals surface area contributed by atoms with Crippen LogP contribution in [-0.2, 0) is 38.7 Å². The van der Waals surface area contributed by atoms with Crippen molar-refractivity contribution in [2.75, 3.05) is 19.0 Å². The van der Waals surface area contributed by atoms with Crippen molar-refractivity contribution in [3.63, 3.8) is 0 Å². The molecule has 0 aromatic heterocycles. The molecule has 58 heavy (non-hydrogen) atoms. The van der Waals surface area contributed by atoms with E-state index in [9.17, 15) is 37.9 Å². The van der Waals surface area contributed by atoms with Crippen LogP contribution in [0.15, 0.2) is 49.1 Å². The van der Waals surface area contributed by atoms with Gasteiger partial charge in [-0.2, -0.15) is 8.42 Å². The van der Waals surface area contributed by atoms with Gasteiger partial charge in [0.1, 0.15) is 36.8 Å². The van der Waals surface area contributed by atoms with Crippen molar-refractivity contribution in [1.82, 2.24) is 0 Å². The molecule has 13 heteroatoms. The molecule has 2 unspecified atom stereocenters. The molecule has 0 aliphatic carbocycles. The van der Waals surface area contributed by atoms with E-state index in [1.807, 2.05) is 6.08 Å². The van der Waals surface area contributed by atoms with E-state index in [1.54, 1.807) is 0 Å². The average molecular weight is 843 g/mol. The van der Waals surface area contributed by atoms with E-state index in [4.69, 9.17) is 18.9 Å². The number of aliphatic hydroxyl groups is 3. The topological polar surface area (TPSA) is 186 Å². The number of ether oxygens (including phenoxy) is 4. The smallest absolute Gasteiger partial charge is 0.306 e. The maximum atomic E-state index is 12.8. The Morgan fingerprint density at radius 1 is 0.638 bits per heavy atom. The molecule has 336 valence electrons. The Balaban J connectivity index is 2.48. The van der Waals surface area contributed by atoms with Crippen LogP contribution in [0.25, 0.3) is 0 Å². The van der Waals surface area contributed by atoms with Gasteiger partial charge in [-0.15, -0.1) is 6.58 Å². The molecule has 1 rings (SSSR count). The Bertz CT molecular complexity index is 1250. The van der Waals surface area contributed by atoms with Crippen LogP contribution in [0.4, 0.5) is 0 Å². The number of carbonyl (C=O) groups is 2. The summed E-state index contributed by atoms with van der Waals surface area (Å²) in [6.45, 7) is 5.22. The fourth-order valence-corrected chi connectivity index (χ4v) is 7.24. The van der Waals surface area contributed by atoms with Crippen LogP contribution in [-0.4, -0.2) is 96.0 Å². The second-order valence-corrected chi connectivity index (χ2v) is 16.9. The third-order valence-corrected chi connectivity index (χ3v) is 10.8. The first kappa shape index (κ1) is 53.6. The number of carbonyl (C=O) groups excluding carboxylic acids is 2. The molecule has 4 N–H and O–H groups in total. The second kappa shape index (κ2) is 35.4. The van der Waals surface area contributed by atoms with E-state index >= 15 is 0 Å². The molecule has 0 bridgehead atoms. The fourth-order valence-electron chi connectivity index (χ4n) is 6.54. The summed E-state index contributed by atoms with van der Waals surface area (Å²) in [7, 11) is -4.61. The lowest BCUT2D eigenvalue weighted by Crippen LogP contribution is -2.60. The zero-order chi connectivity index (χ0) is 42.7. The van der Waals surface area contributed by atoms with Crippen molar-refractivity contribution in [1.29, 1.82) is 0 Å². The molecule has 12 nitrogen and oxygen atoms in total. The predicted octanol–water partition coefficient (Wildman–Crippen LogP) is 8.78. The summed E-state index contributed by atoms with van der Waals surface area (Å²) in [5.41, 5.74) is 0. The summed E-state index contributed by atoms with van der Waals surface area (Å²) < 4.78 is 54.0. The standard InChI is InChI=1S/C45H78O12S/c1-3-5-7-9-11-13-15-17-19-21-23-25-27-29-31-33-40(46)54-35-38(36-55-45-44(50)43(49)42(48)39(57-45)37-58(51,52)53)56-41(47)34-32-30-28-26-24-22-20-18-16-14-12-10-8-6-4-2/h4,11,13,17,19,23,25,38-39,42-45,48-50H,2-3,5-10,12,14-16,18,20-22,24,26-37H2,1H3,(H,51,52,53)/b13-11+,19-17+,25-23+/t38-,39-,42-,43?,44?,45+/m1/s1. The molecule has 1 aliphatic rings. The van der Waals surface area contributed by atoms with Gasteiger partial charge >= 0.3 is 11.9 Å². The van der Waals surface area contributed by atoms with E-state index in [0.29, 0.717) is 12.8 Å². The van der Waals surface area contributed by atoms with Crippen molar-refractivity contribution in [2.45, 2.75) is 204 Å². The van der Waals surface area contributed by atoms with E-state index in [0.717, 1.165) is 57.8 Å². The molecule has 0 amide bonds. The lowest BCUT2D eigenvalue weighted by molar-refractivity contribution is -0.297. The molecular weight excluding hydrogens is 765 g/mol. The van der Waals surface area contributed by atoms with Crippen molar-refractivity contribution in [3.05, 3.63) is 49.1 Å². The lowest BCUT2D eigenvalue weighted by Gasteiger charge is -2.40. The van der Waals surface area contributed by atoms with E-state index in [1.165, 1.54) is 77.0 Å². The number of aliphatic hydroxyl groups excluding tert-OH is 3. The Kier molecular flexibility index (Phi) is 32.7. The third-order valence-electron chi connectivity index (χ3n) is 10.0. The van der Waals surface area contributed by atoms with Gasteiger partial charge < -0.3 is 34.3 Å². The SMILES string of the molecule is C=CCCCCCCCCCCCCCCCC(=O)O[C@H](COC(=O)CCCC/C=C/C/C=C/C/C=C/CCCCC)CO[C@H]1O[C@H](CS(=O)(=O)O)[C@@H](O)C(O)C1O. The predicted molar refractivity (Wildman–Crippen MR) is 229 cm³/mol. The molecule has 0 saturated carbocycles. The first-order valence-corrected chi connectivity index (χ1v) is 23.8. The van der Waals surface area contributed by atoms with Gasteiger partial charge in [-0.05, 0) is 64.2 Å². The molecule has 1 saturated heterocycles. The first-order valence-electron chi connectivity index (χ1n) is 22.2. The normalized spacial score (nSPS) is 20.6. The first-order chi connectivity index (χ1) is 28.0. The minimum Gasteiger partial charge on any atom is -0.462 e. The zero-order valence-corrected chi connectivity index (χ0v) is 36.3. The van der Waals surface area contributed by atoms with Gasteiger partial charge in [0.15, 0.2) is 12.4 Å². The highest BCUT2D eigenvalue weighted by Gasteiger charge is 2.46. The highest BCUT2D eigenvalue weighted by Crippen LogP contribution is 2.24. The molecule has 0 aromatic carbocycles. The van der Waals surface area contributed by atoms with Crippen LogP contribution in [0.3, 0.4) is 0 Å². The fraction of sp³-hybridized carbons (Fsp3) is 0.778. The van der Waals surface area contributed by atoms with Crippen LogP contribution in [0.1, 0.15) is 167 Å². The highest BCUT2D eigenvalue weighted by molar-refractivity contribution is 7.85. The minimum atomic E-state index is -4.61. The highest BCUT2D eigenvalue weighted by atomic mass is 32.2. The number of unbranched alkanes of at least 4 members (excludes halogenated alkanes) is 18. The van der Waals surface area contributed by atoms with Gasteiger partial charge in [0, 0.05) is 12.8 Å². The van der Waals surface area contributed by atoms with E-state index < -0.39 is 71.2 Å². The Labute approximate surface area is 350 Å². The summed E-state index contributed by atoms with van der Waals surface area (Å²) >= 11 is 0. The Morgan fingerprint density at radius 2 is 1.12 bits per heavy atom. The molecule has 0 radical (unpaired) electrons. The van der Waals surface area contributed by atoms with Crippen molar-refractivity contribution >= 4 is 22.1 Å². The summed E-state index contributed by atoms with van der Waals surface area (Å²) in [5, 5.41) is 30.8. The number of allylic oxidation sites excluding steroid dienone is 7. The van der Waals surface area contributed by atoms with Gasteiger partial charge in [-0.3, -0.25) is 14.1 Å². The maximum absolute atomic E-state index is 12.8. The summed E-state index contributed by atoms with van der Waals surface area (Å²) in [4.78, 5) is 25.4. The Hall–Kier alpha value is -2.39. The van der Waals surface area contributed by atoms with Crippen molar-refractivity contribution < 1.29 is 56.8 Å². The molecule has 6 atom stereocenters. The van der Waals surface area contributed by atoms with Gasteiger partial charge in [0.2, 0.25) is 0 Å². The summed E-state index contributed by atoms with van der Waals surface area (Å²) in [6, 6.07) is 0. The molecule has 1 fully saturated rings. The minimum absolute atomic E-state index is 0.153. The maximum Gasteiger partial charge on any atom is 0.306 e. The van der Waals surface area contributed by atoms with Gasteiger partial charge in [0.25, 0.3) is 10.1 Å². The van der Waals surface area contributed by atoms with Crippen molar-refractivity contribution in [2.24, 2.45) is 0 Å². The zero-order valence-electron chi connectivity index (χ0n) is 35.5. The molecule has 1 aliphatic heterocycles. The number of hydrogen-bond acceptors (Lipinski definition) is 11. The number of rotatable bonds is 37. The molecule has 1 heterocycles. The molecule has 0 spiro atoms.